The summed E-state index contributed by atoms with van der Waals surface area (Å²) < 4.78 is 20.0. The molecule has 3 rings (SSSR count). The Morgan fingerprint density at radius 3 is 2.81 bits per heavy atom. The van der Waals surface area contributed by atoms with Gasteiger partial charge in [-0.25, -0.2) is 9.07 Å². The van der Waals surface area contributed by atoms with E-state index in [0.29, 0.717) is 5.75 Å². The standard InChI is InChI=1S/C18H24FN5O3/c1-12-17(22-23-24(12)14-6-8-20-9-7-14)18(26)21-10-15(25)11-27-16-4-2-13(19)3-5-16/h2-5,14-15,20,25H,6-11H2,1H3,(H,21,26)/t15-/m1/s1. The third-order valence-corrected chi connectivity index (χ3v) is 4.55. The van der Waals surface area contributed by atoms with Crippen LogP contribution >= 0.6 is 0 Å². The number of aliphatic hydroxyl groups excluding tert-OH is 1. The van der Waals surface area contributed by atoms with Crippen molar-refractivity contribution < 1.29 is 19.0 Å². The molecule has 0 spiro atoms. The van der Waals surface area contributed by atoms with E-state index in [2.05, 4.69) is 20.9 Å². The molecule has 1 aliphatic heterocycles. The number of carbonyl (C=O) groups excluding carboxylic acids is 1. The molecule has 0 unspecified atom stereocenters. The Morgan fingerprint density at radius 2 is 2.11 bits per heavy atom. The molecule has 1 aromatic heterocycles. The summed E-state index contributed by atoms with van der Waals surface area (Å²) in [4.78, 5) is 12.3. The minimum atomic E-state index is -0.904. The molecular weight excluding hydrogens is 353 g/mol. The summed E-state index contributed by atoms with van der Waals surface area (Å²) in [7, 11) is 0. The first-order valence-electron chi connectivity index (χ1n) is 9.01. The van der Waals surface area contributed by atoms with Gasteiger partial charge in [-0.3, -0.25) is 4.79 Å². The number of ether oxygens (including phenoxy) is 1. The van der Waals surface area contributed by atoms with Crippen molar-refractivity contribution >= 4 is 5.91 Å². The molecule has 146 valence electrons. The molecule has 1 aliphatic rings. The van der Waals surface area contributed by atoms with Crippen LogP contribution in [-0.4, -0.2) is 58.4 Å². The second-order valence-electron chi connectivity index (χ2n) is 6.58. The van der Waals surface area contributed by atoms with Crippen molar-refractivity contribution in [1.82, 2.24) is 25.6 Å². The molecule has 1 atom stereocenters. The average Bonchev–Trinajstić information content (AvgIpc) is 3.08. The monoisotopic (exact) mass is 377 g/mol. The molecule has 0 saturated carbocycles. The highest BCUT2D eigenvalue weighted by molar-refractivity contribution is 5.93. The zero-order valence-electron chi connectivity index (χ0n) is 15.2. The van der Waals surface area contributed by atoms with Crippen molar-refractivity contribution in [2.45, 2.75) is 31.9 Å². The number of amides is 1. The van der Waals surface area contributed by atoms with E-state index in [0.717, 1.165) is 31.6 Å². The highest BCUT2D eigenvalue weighted by atomic mass is 19.1. The molecule has 8 nitrogen and oxygen atoms in total. The third kappa shape index (κ3) is 5.01. The zero-order chi connectivity index (χ0) is 19.2. The summed E-state index contributed by atoms with van der Waals surface area (Å²) in [5.41, 5.74) is 0.983. The number of carbonyl (C=O) groups is 1. The van der Waals surface area contributed by atoms with Gasteiger partial charge < -0.3 is 20.5 Å². The second kappa shape index (κ2) is 8.92. The van der Waals surface area contributed by atoms with Gasteiger partial charge in [0.2, 0.25) is 0 Å². The van der Waals surface area contributed by atoms with Gasteiger partial charge in [0.25, 0.3) is 5.91 Å². The van der Waals surface area contributed by atoms with Gasteiger partial charge in [0.15, 0.2) is 5.69 Å². The second-order valence-corrected chi connectivity index (χ2v) is 6.58. The number of rotatable bonds is 7. The normalized spacial score (nSPS) is 16.1. The third-order valence-electron chi connectivity index (χ3n) is 4.55. The number of benzene rings is 1. The van der Waals surface area contributed by atoms with Gasteiger partial charge in [0, 0.05) is 6.54 Å². The molecule has 27 heavy (non-hydrogen) atoms. The summed E-state index contributed by atoms with van der Waals surface area (Å²) >= 11 is 0. The lowest BCUT2D eigenvalue weighted by atomic mass is 10.1. The van der Waals surface area contributed by atoms with E-state index in [9.17, 15) is 14.3 Å². The number of halogens is 1. The number of aliphatic hydroxyl groups is 1. The number of nitrogens with zero attached hydrogens (tertiary/aromatic N) is 3. The molecule has 1 amide bonds. The summed E-state index contributed by atoms with van der Waals surface area (Å²) in [6, 6.07) is 5.75. The van der Waals surface area contributed by atoms with Gasteiger partial charge in [0.1, 0.15) is 24.3 Å². The fourth-order valence-corrected chi connectivity index (χ4v) is 3.03. The van der Waals surface area contributed by atoms with Crippen LogP contribution in [0.15, 0.2) is 24.3 Å². The van der Waals surface area contributed by atoms with Crippen molar-refractivity contribution in [2.24, 2.45) is 0 Å². The van der Waals surface area contributed by atoms with Crippen molar-refractivity contribution in [2.75, 3.05) is 26.2 Å². The quantitative estimate of drug-likeness (QED) is 0.660. The Morgan fingerprint density at radius 1 is 1.41 bits per heavy atom. The number of hydrogen-bond acceptors (Lipinski definition) is 6. The van der Waals surface area contributed by atoms with E-state index in [4.69, 9.17) is 4.74 Å². The lowest BCUT2D eigenvalue weighted by Gasteiger charge is -2.23. The van der Waals surface area contributed by atoms with Gasteiger partial charge in [0.05, 0.1) is 11.7 Å². The van der Waals surface area contributed by atoms with Crippen molar-refractivity contribution in [3.8, 4) is 5.75 Å². The van der Waals surface area contributed by atoms with Crippen LogP contribution in [-0.2, 0) is 0 Å². The van der Waals surface area contributed by atoms with Crippen LogP contribution in [0.2, 0.25) is 0 Å². The SMILES string of the molecule is Cc1c(C(=O)NC[C@@H](O)COc2ccc(F)cc2)nnn1C1CCNCC1. The van der Waals surface area contributed by atoms with Crippen LogP contribution in [0.25, 0.3) is 0 Å². The topological polar surface area (TPSA) is 101 Å². The zero-order valence-corrected chi connectivity index (χ0v) is 15.2. The van der Waals surface area contributed by atoms with E-state index < -0.39 is 6.10 Å². The van der Waals surface area contributed by atoms with Gasteiger partial charge in [-0.2, -0.15) is 0 Å². The van der Waals surface area contributed by atoms with E-state index in [1.807, 2.05) is 11.6 Å². The first-order valence-corrected chi connectivity index (χ1v) is 9.01. The molecule has 2 heterocycles. The molecule has 0 radical (unpaired) electrons. The largest absolute Gasteiger partial charge is 0.491 e. The fraction of sp³-hybridized carbons (Fsp3) is 0.500. The van der Waals surface area contributed by atoms with E-state index in [1.54, 1.807) is 0 Å². The Balaban J connectivity index is 1.48. The molecule has 1 aromatic carbocycles. The smallest absolute Gasteiger partial charge is 0.273 e. The molecule has 2 aromatic rings. The Bertz CT molecular complexity index is 759. The average molecular weight is 377 g/mol. The number of piperidine rings is 1. The first kappa shape index (κ1) is 19.2. The predicted octanol–water partition coefficient (Wildman–Crippen LogP) is 0.820. The van der Waals surface area contributed by atoms with Crippen LogP contribution in [0.1, 0.15) is 35.1 Å². The molecule has 9 heteroatoms. The van der Waals surface area contributed by atoms with Gasteiger partial charge in [-0.15, -0.1) is 5.10 Å². The maximum Gasteiger partial charge on any atom is 0.273 e. The Kier molecular flexibility index (Phi) is 6.36. The molecule has 1 fully saturated rings. The van der Waals surface area contributed by atoms with Crippen LogP contribution in [0.4, 0.5) is 4.39 Å². The number of nitrogens with one attached hydrogen (secondary N) is 2. The van der Waals surface area contributed by atoms with Gasteiger partial charge >= 0.3 is 0 Å². The summed E-state index contributed by atoms with van der Waals surface area (Å²) in [5, 5.41) is 24.0. The van der Waals surface area contributed by atoms with Crippen molar-refractivity contribution in [1.29, 1.82) is 0 Å². The fourth-order valence-electron chi connectivity index (χ4n) is 3.03. The van der Waals surface area contributed by atoms with E-state index in [-0.39, 0.29) is 36.6 Å². The number of hydrogen-bond donors (Lipinski definition) is 3. The lowest BCUT2D eigenvalue weighted by Crippen LogP contribution is -2.36. The van der Waals surface area contributed by atoms with Crippen LogP contribution < -0.4 is 15.4 Å². The molecule has 1 saturated heterocycles. The number of aromatic nitrogens is 3. The molecule has 3 N–H and O–H groups in total. The summed E-state index contributed by atoms with van der Waals surface area (Å²) in [6.07, 6.45) is 0.994. The highest BCUT2D eigenvalue weighted by Crippen LogP contribution is 2.20. The maximum atomic E-state index is 12.8. The van der Waals surface area contributed by atoms with Gasteiger partial charge in [-0.05, 0) is 57.1 Å². The minimum Gasteiger partial charge on any atom is -0.491 e. The minimum absolute atomic E-state index is 0.0136. The predicted molar refractivity (Wildman–Crippen MR) is 96.1 cm³/mol. The van der Waals surface area contributed by atoms with Crippen LogP contribution in [0.5, 0.6) is 5.75 Å². The first-order chi connectivity index (χ1) is 13.0. The molecular formula is C18H24FN5O3. The molecule has 0 bridgehead atoms. The summed E-state index contributed by atoms with van der Waals surface area (Å²) in [6.45, 7) is 3.66. The molecule has 0 aliphatic carbocycles. The Labute approximate surface area is 156 Å². The van der Waals surface area contributed by atoms with E-state index in [1.165, 1.54) is 24.3 Å². The van der Waals surface area contributed by atoms with Crippen molar-refractivity contribution in [3.05, 3.63) is 41.5 Å². The van der Waals surface area contributed by atoms with Crippen LogP contribution in [0.3, 0.4) is 0 Å². The Hall–Kier alpha value is -2.52. The van der Waals surface area contributed by atoms with E-state index >= 15 is 0 Å². The van der Waals surface area contributed by atoms with Crippen molar-refractivity contribution in [3.63, 3.8) is 0 Å². The lowest BCUT2D eigenvalue weighted by molar-refractivity contribution is 0.0839. The summed E-state index contributed by atoms with van der Waals surface area (Å²) in [5.74, 6) is -0.292. The van der Waals surface area contributed by atoms with Crippen LogP contribution in [0, 0.1) is 12.7 Å². The highest BCUT2D eigenvalue weighted by Gasteiger charge is 2.23. The van der Waals surface area contributed by atoms with Gasteiger partial charge in [-0.1, -0.05) is 5.21 Å². The maximum absolute atomic E-state index is 12.8.